The smallest absolute Gasteiger partial charge is 0.319 e. The van der Waals surface area contributed by atoms with Crippen molar-refractivity contribution in [2.45, 2.75) is 70.7 Å². The Morgan fingerprint density at radius 1 is 0.804 bits per heavy atom. The van der Waals surface area contributed by atoms with Crippen LogP contribution in [0.2, 0.25) is 0 Å². The zero-order valence-corrected chi connectivity index (χ0v) is 29.5. The van der Waals surface area contributed by atoms with Crippen LogP contribution < -0.4 is 32.3 Å². The van der Waals surface area contributed by atoms with E-state index in [0.717, 1.165) is 41.7 Å². The molecule has 0 spiro atoms. The summed E-state index contributed by atoms with van der Waals surface area (Å²) in [6.45, 7) is 7.39. The molecule has 0 unspecified atom stereocenters. The van der Waals surface area contributed by atoms with Crippen molar-refractivity contribution < 1.29 is 19.2 Å². The van der Waals surface area contributed by atoms with Crippen molar-refractivity contribution >= 4 is 40.3 Å². The van der Waals surface area contributed by atoms with E-state index in [0.29, 0.717) is 12.2 Å². The molecule has 0 radical (unpaired) electrons. The predicted molar refractivity (Wildman–Crippen MR) is 200 cm³/mol. The van der Waals surface area contributed by atoms with Crippen LogP contribution in [0.25, 0.3) is 10.9 Å². The summed E-state index contributed by atoms with van der Waals surface area (Å²) in [7, 11) is 0. The van der Waals surface area contributed by atoms with E-state index in [1.807, 2.05) is 78.9 Å². The van der Waals surface area contributed by atoms with Gasteiger partial charge in [-0.25, -0.2) is 4.79 Å². The molecule has 1 aliphatic heterocycles. The third-order valence-electron chi connectivity index (χ3n) is 9.06. The third kappa shape index (κ3) is 10.6. The van der Waals surface area contributed by atoms with Crippen molar-refractivity contribution in [3.63, 3.8) is 0 Å². The minimum Gasteiger partial charge on any atom is -0.350 e. The van der Waals surface area contributed by atoms with Gasteiger partial charge in [-0.1, -0.05) is 60.7 Å². The van der Waals surface area contributed by atoms with E-state index in [9.17, 15) is 19.2 Å². The largest absolute Gasteiger partial charge is 0.350 e. The summed E-state index contributed by atoms with van der Waals surface area (Å²) in [5.41, 5.74) is 10.5. The van der Waals surface area contributed by atoms with Gasteiger partial charge < -0.3 is 36.9 Å². The first-order valence-corrected chi connectivity index (χ1v) is 17.8. The van der Waals surface area contributed by atoms with Gasteiger partial charge in [0.05, 0.1) is 6.54 Å². The van der Waals surface area contributed by atoms with Crippen molar-refractivity contribution in [3.8, 4) is 0 Å². The number of likely N-dealkylation sites (tertiary alicyclic amines) is 1. The first-order chi connectivity index (χ1) is 24.7. The van der Waals surface area contributed by atoms with E-state index in [1.54, 1.807) is 0 Å². The average molecular weight is 695 g/mol. The van der Waals surface area contributed by atoms with Gasteiger partial charge in [0.15, 0.2) is 0 Å². The minimum absolute atomic E-state index is 0.122. The fourth-order valence-electron chi connectivity index (χ4n) is 6.39. The lowest BCUT2D eigenvalue weighted by Gasteiger charge is -2.23. The maximum absolute atomic E-state index is 13.4. The Labute approximate surface area is 299 Å². The van der Waals surface area contributed by atoms with Gasteiger partial charge in [-0.15, -0.1) is 0 Å². The number of fused-ring (bicyclic) bond motifs is 1. The molecule has 4 aromatic rings. The molecule has 7 N–H and O–H groups in total. The van der Waals surface area contributed by atoms with E-state index < -0.39 is 29.9 Å². The number of nitrogens with one attached hydrogen (secondary N) is 5. The maximum atomic E-state index is 13.4. The van der Waals surface area contributed by atoms with Crippen LogP contribution in [0, 0.1) is 0 Å². The first kappa shape index (κ1) is 37.1. The van der Waals surface area contributed by atoms with Gasteiger partial charge in [-0.3, -0.25) is 19.3 Å². The number of aromatic nitrogens is 1. The Hall–Kier alpha value is -5.20. The second-order valence-corrected chi connectivity index (χ2v) is 13.3. The summed E-state index contributed by atoms with van der Waals surface area (Å²) < 4.78 is 2.25. The zero-order chi connectivity index (χ0) is 36.2. The van der Waals surface area contributed by atoms with Gasteiger partial charge in [0.1, 0.15) is 12.1 Å². The van der Waals surface area contributed by atoms with E-state index >= 15 is 0 Å². The van der Waals surface area contributed by atoms with Crippen LogP contribution in [0.15, 0.2) is 85.1 Å². The highest BCUT2D eigenvalue weighted by Crippen LogP contribution is 2.29. The molecule has 1 saturated heterocycles. The monoisotopic (exact) mass is 694 g/mol. The van der Waals surface area contributed by atoms with Crippen LogP contribution >= 0.6 is 0 Å². The number of benzene rings is 3. The number of nitrogens with two attached hydrogens (primary N) is 1. The molecule has 2 atom stereocenters. The fourth-order valence-corrected chi connectivity index (χ4v) is 6.39. The Morgan fingerprint density at radius 2 is 1.49 bits per heavy atom. The molecular formula is C39H50N8O4. The SMILES string of the molecule is CC(C)n1cc(CN2CCCC2)c2cc(NC(=O)NCC(=O)N[C@@H](CCN)C(=O)N[C@@H](Cc3ccccc3)C(=O)NCc3ccccc3)ccc21. The molecule has 1 fully saturated rings. The third-order valence-corrected chi connectivity index (χ3v) is 9.06. The highest BCUT2D eigenvalue weighted by atomic mass is 16.2. The standard InChI is InChI=1S/C39H50N8O4/c1-27(2)47-26-30(25-46-19-9-10-20-46)32-22-31(15-16-35(32)47)43-39(51)42-24-36(48)44-33(17-18-40)38(50)45-34(21-28-11-5-3-6-12-28)37(49)41-23-29-13-7-4-8-14-29/h3-8,11-16,22,26-27,33-34H,9-10,17-21,23-25,40H2,1-2H3,(H,41,49)(H,44,48)(H,45,50)(H2,42,43,51)/t33-,34-/m0/s1. The summed E-state index contributed by atoms with van der Waals surface area (Å²) >= 11 is 0. The van der Waals surface area contributed by atoms with Gasteiger partial charge in [-0.2, -0.15) is 0 Å². The normalized spacial score (nSPS) is 14.2. The highest BCUT2D eigenvalue weighted by molar-refractivity contribution is 5.97. The number of carbonyl (C=O) groups is 4. The molecule has 0 bridgehead atoms. The summed E-state index contributed by atoms with van der Waals surface area (Å²) in [5.74, 6) is -1.46. The van der Waals surface area contributed by atoms with Crippen molar-refractivity contribution in [2.24, 2.45) is 5.73 Å². The van der Waals surface area contributed by atoms with Crippen molar-refractivity contribution in [3.05, 3.63) is 102 Å². The summed E-state index contributed by atoms with van der Waals surface area (Å²) in [4.78, 5) is 55.0. The van der Waals surface area contributed by atoms with Crippen molar-refractivity contribution in [1.82, 2.24) is 30.7 Å². The van der Waals surface area contributed by atoms with Crippen molar-refractivity contribution in [1.29, 1.82) is 0 Å². The number of rotatable bonds is 16. The number of amides is 5. The number of hydrogen-bond donors (Lipinski definition) is 6. The summed E-state index contributed by atoms with van der Waals surface area (Å²) in [6, 6.07) is 22.5. The lowest BCUT2D eigenvalue weighted by molar-refractivity contribution is -0.132. The quantitative estimate of drug-likeness (QED) is 0.105. The van der Waals surface area contributed by atoms with Crippen LogP contribution in [0.3, 0.4) is 0 Å². The molecule has 12 heteroatoms. The number of carbonyl (C=O) groups excluding carboxylic acids is 4. The molecule has 0 aliphatic carbocycles. The van der Waals surface area contributed by atoms with E-state index in [2.05, 4.69) is 56.1 Å². The molecule has 51 heavy (non-hydrogen) atoms. The molecule has 1 aliphatic rings. The highest BCUT2D eigenvalue weighted by Gasteiger charge is 2.27. The van der Waals surface area contributed by atoms with Crippen LogP contribution in [-0.2, 0) is 33.9 Å². The van der Waals surface area contributed by atoms with Gasteiger partial charge in [0.2, 0.25) is 17.7 Å². The van der Waals surface area contributed by atoms with E-state index in [-0.39, 0.29) is 37.9 Å². The molecule has 2 heterocycles. The van der Waals surface area contributed by atoms with Gasteiger partial charge in [0, 0.05) is 48.3 Å². The number of urea groups is 1. The molecule has 12 nitrogen and oxygen atoms in total. The lowest BCUT2D eigenvalue weighted by atomic mass is 10.0. The molecule has 1 aromatic heterocycles. The first-order valence-electron chi connectivity index (χ1n) is 17.8. The Bertz CT molecular complexity index is 1770. The van der Waals surface area contributed by atoms with E-state index in [1.165, 1.54) is 18.4 Å². The molecule has 3 aromatic carbocycles. The van der Waals surface area contributed by atoms with Gasteiger partial charge in [-0.05, 0) is 87.6 Å². The topological polar surface area (TPSA) is 163 Å². The molecule has 270 valence electrons. The number of anilines is 1. The van der Waals surface area contributed by atoms with Gasteiger partial charge in [0.25, 0.3) is 0 Å². The molecule has 5 rings (SSSR count). The average Bonchev–Trinajstić information content (AvgIpc) is 3.78. The second-order valence-electron chi connectivity index (χ2n) is 13.3. The second kappa shape index (κ2) is 18.2. The molecular weight excluding hydrogens is 644 g/mol. The molecule has 5 amide bonds. The lowest BCUT2D eigenvalue weighted by Crippen LogP contribution is -2.55. The Kier molecular flexibility index (Phi) is 13.2. The minimum atomic E-state index is -1.01. The van der Waals surface area contributed by atoms with Crippen molar-refractivity contribution in [2.75, 3.05) is 31.5 Å². The molecule has 0 saturated carbocycles. The van der Waals surface area contributed by atoms with Crippen LogP contribution in [0.5, 0.6) is 0 Å². The van der Waals surface area contributed by atoms with Crippen LogP contribution in [0.1, 0.15) is 55.8 Å². The van der Waals surface area contributed by atoms with Gasteiger partial charge >= 0.3 is 6.03 Å². The maximum Gasteiger partial charge on any atom is 0.319 e. The number of hydrogen-bond acceptors (Lipinski definition) is 6. The van der Waals surface area contributed by atoms with Crippen LogP contribution in [-0.4, -0.2) is 71.5 Å². The Morgan fingerprint density at radius 3 is 2.16 bits per heavy atom. The number of nitrogens with zero attached hydrogens (tertiary/aromatic N) is 2. The Balaban J connectivity index is 1.17. The predicted octanol–water partition coefficient (Wildman–Crippen LogP) is 3.82. The summed E-state index contributed by atoms with van der Waals surface area (Å²) in [6.07, 6.45) is 5.02. The fraction of sp³-hybridized carbons (Fsp3) is 0.385. The zero-order valence-electron chi connectivity index (χ0n) is 29.5. The summed E-state index contributed by atoms with van der Waals surface area (Å²) in [5, 5.41) is 14.9. The van der Waals surface area contributed by atoms with E-state index in [4.69, 9.17) is 5.73 Å². The van der Waals surface area contributed by atoms with Crippen LogP contribution in [0.4, 0.5) is 10.5 Å².